The van der Waals surface area contributed by atoms with E-state index in [1.54, 1.807) is 36.4 Å². The van der Waals surface area contributed by atoms with Crippen LogP contribution in [0.1, 0.15) is 12.0 Å². The fraction of sp³-hybridized carbons (Fsp3) is 0.174. The van der Waals surface area contributed by atoms with Gasteiger partial charge >= 0.3 is 0 Å². The molecule has 0 fully saturated rings. The second-order valence-electron chi connectivity index (χ2n) is 7.02. The van der Waals surface area contributed by atoms with Gasteiger partial charge in [-0.1, -0.05) is 48.5 Å². The fourth-order valence-electron chi connectivity index (χ4n) is 3.33. The maximum atomic E-state index is 13.2. The molecular formula is C23H22FN3O2S2. The van der Waals surface area contributed by atoms with Gasteiger partial charge in [-0.15, -0.1) is 0 Å². The van der Waals surface area contributed by atoms with E-state index in [1.165, 1.54) is 11.5 Å². The van der Waals surface area contributed by atoms with Crippen LogP contribution in [0.15, 0.2) is 77.7 Å². The van der Waals surface area contributed by atoms with Crippen molar-refractivity contribution in [3.8, 4) is 11.1 Å². The molecule has 0 saturated heterocycles. The highest BCUT2D eigenvalue weighted by Crippen LogP contribution is 2.27. The van der Waals surface area contributed by atoms with Gasteiger partial charge < -0.3 is 5.32 Å². The average molecular weight is 456 g/mol. The number of sulfonamides is 1. The van der Waals surface area contributed by atoms with Crippen LogP contribution >= 0.6 is 11.5 Å². The largest absolute Gasteiger partial charge is 0.369 e. The maximum absolute atomic E-state index is 13.2. The maximum Gasteiger partial charge on any atom is 0.240 e. The first kappa shape index (κ1) is 21.4. The van der Waals surface area contributed by atoms with Crippen molar-refractivity contribution < 1.29 is 12.8 Å². The molecule has 0 unspecified atom stereocenters. The molecule has 0 aliphatic rings. The summed E-state index contributed by atoms with van der Waals surface area (Å²) in [5, 5.41) is 4.34. The summed E-state index contributed by atoms with van der Waals surface area (Å²) in [5.41, 5.74) is 2.13. The van der Waals surface area contributed by atoms with Gasteiger partial charge in [0.15, 0.2) is 0 Å². The van der Waals surface area contributed by atoms with E-state index >= 15 is 0 Å². The standard InChI is InChI=1S/C23H22FN3O2S2/c24-16-18-6-1-2-7-20(18)17-10-12-19(13-11-17)31(28,29)26-15-5-14-25-23-21-8-3-4-9-22(21)30-27-23/h1-4,6-13,26H,5,14-16H2,(H,25,27). The van der Waals surface area contributed by atoms with Crippen LogP contribution in [0.3, 0.4) is 0 Å². The summed E-state index contributed by atoms with van der Waals surface area (Å²) in [6.45, 7) is 0.349. The molecule has 0 spiro atoms. The van der Waals surface area contributed by atoms with Crippen molar-refractivity contribution in [1.82, 2.24) is 9.10 Å². The van der Waals surface area contributed by atoms with Crippen LogP contribution in [0.5, 0.6) is 0 Å². The lowest BCUT2D eigenvalue weighted by Gasteiger charge is -2.10. The summed E-state index contributed by atoms with van der Waals surface area (Å²) in [6, 6.07) is 21.7. The van der Waals surface area contributed by atoms with E-state index in [1.807, 2.05) is 36.4 Å². The van der Waals surface area contributed by atoms with E-state index in [0.717, 1.165) is 27.0 Å². The molecule has 5 nitrogen and oxygen atoms in total. The molecule has 0 aliphatic heterocycles. The Kier molecular flexibility index (Phi) is 6.60. The summed E-state index contributed by atoms with van der Waals surface area (Å²) < 4.78 is 46.5. The van der Waals surface area contributed by atoms with Gasteiger partial charge in [-0.2, -0.15) is 4.37 Å². The Labute approximate surface area is 185 Å². The minimum absolute atomic E-state index is 0.187. The number of hydrogen-bond acceptors (Lipinski definition) is 5. The Balaban J connectivity index is 1.32. The molecule has 0 aliphatic carbocycles. The highest BCUT2D eigenvalue weighted by Gasteiger charge is 2.14. The number of rotatable bonds is 9. The van der Waals surface area contributed by atoms with Crippen molar-refractivity contribution in [2.75, 3.05) is 18.4 Å². The van der Waals surface area contributed by atoms with E-state index < -0.39 is 16.7 Å². The SMILES string of the molecule is O=S(=O)(NCCCNc1nsc2ccccc12)c1ccc(-c2ccccc2CF)cc1. The fourth-order valence-corrected chi connectivity index (χ4v) is 5.16. The minimum Gasteiger partial charge on any atom is -0.369 e. The number of nitrogens with zero attached hydrogens (tertiary/aromatic N) is 1. The molecule has 31 heavy (non-hydrogen) atoms. The van der Waals surface area contributed by atoms with Crippen molar-refractivity contribution in [2.45, 2.75) is 18.0 Å². The molecule has 0 radical (unpaired) electrons. The van der Waals surface area contributed by atoms with Crippen LogP contribution < -0.4 is 10.0 Å². The van der Waals surface area contributed by atoms with Gasteiger partial charge in [-0.05, 0) is 58.9 Å². The van der Waals surface area contributed by atoms with Crippen molar-refractivity contribution in [3.63, 3.8) is 0 Å². The number of nitrogens with one attached hydrogen (secondary N) is 2. The molecule has 0 bridgehead atoms. The first-order valence-electron chi connectivity index (χ1n) is 9.91. The summed E-state index contributed by atoms with van der Waals surface area (Å²) in [5.74, 6) is 0.826. The Morgan fingerprint density at radius 1 is 0.903 bits per heavy atom. The number of halogens is 1. The normalized spacial score (nSPS) is 11.6. The van der Waals surface area contributed by atoms with Crippen molar-refractivity contribution in [1.29, 1.82) is 0 Å². The summed E-state index contributed by atoms with van der Waals surface area (Å²) in [6.07, 6.45) is 0.618. The predicted octanol–water partition coefficient (Wildman–Crippen LogP) is 5.21. The number of benzene rings is 3. The second-order valence-corrected chi connectivity index (χ2v) is 9.59. The van der Waals surface area contributed by atoms with Crippen LogP contribution in [-0.2, 0) is 16.7 Å². The zero-order valence-corrected chi connectivity index (χ0v) is 18.3. The quantitative estimate of drug-likeness (QED) is 0.340. The van der Waals surface area contributed by atoms with Gasteiger partial charge in [0.2, 0.25) is 10.0 Å². The number of anilines is 1. The molecule has 8 heteroatoms. The third kappa shape index (κ3) is 4.92. The van der Waals surface area contributed by atoms with Crippen molar-refractivity contribution in [2.24, 2.45) is 0 Å². The Hall–Kier alpha value is -2.81. The van der Waals surface area contributed by atoms with Gasteiger partial charge in [-0.25, -0.2) is 17.5 Å². The van der Waals surface area contributed by atoms with E-state index in [0.29, 0.717) is 25.1 Å². The Bertz CT molecular complexity index is 1270. The van der Waals surface area contributed by atoms with Crippen LogP contribution in [0, 0.1) is 0 Å². The number of alkyl halides is 1. The van der Waals surface area contributed by atoms with Gasteiger partial charge in [0, 0.05) is 18.5 Å². The average Bonchev–Trinajstić information content (AvgIpc) is 3.22. The lowest BCUT2D eigenvalue weighted by Crippen LogP contribution is -2.26. The molecular weight excluding hydrogens is 433 g/mol. The molecule has 4 aromatic rings. The third-order valence-corrected chi connectivity index (χ3v) is 7.26. The van der Waals surface area contributed by atoms with Gasteiger partial charge in [-0.3, -0.25) is 0 Å². The van der Waals surface area contributed by atoms with Crippen LogP contribution in [0.2, 0.25) is 0 Å². The highest BCUT2D eigenvalue weighted by atomic mass is 32.2. The first-order valence-corrected chi connectivity index (χ1v) is 12.2. The second kappa shape index (κ2) is 9.55. The lowest BCUT2D eigenvalue weighted by molar-refractivity contribution is 0.486. The van der Waals surface area contributed by atoms with Crippen LogP contribution in [-0.4, -0.2) is 25.9 Å². The molecule has 3 aromatic carbocycles. The van der Waals surface area contributed by atoms with E-state index in [2.05, 4.69) is 14.4 Å². The molecule has 0 atom stereocenters. The van der Waals surface area contributed by atoms with Gasteiger partial charge in [0.1, 0.15) is 12.5 Å². The minimum atomic E-state index is -3.61. The Morgan fingerprint density at radius 3 is 2.45 bits per heavy atom. The molecule has 160 valence electrons. The van der Waals surface area contributed by atoms with Crippen molar-refractivity contribution >= 4 is 37.5 Å². The number of fused-ring (bicyclic) bond motifs is 1. The van der Waals surface area contributed by atoms with E-state index in [4.69, 9.17) is 0 Å². The zero-order valence-electron chi connectivity index (χ0n) is 16.7. The molecule has 2 N–H and O–H groups in total. The third-order valence-electron chi connectivity index (χ3n) is 4.95. The van der Waals surface area contributed by atoms with Crippen molar-refractivity contribution in [3.05, 3.63) is 78.4 Å². The molecule has 1 heterocycles. The topological polar surface area (TPSA) is 71.1 Å². The number of hydrogen-bond donors (Lipinski definition) is 2. The lowest BCUT2D eigenvalue weighted by atomic mass is 10.0. The smallest absolute Gasteiger partial charge is 0.240 e. The monoisotopic (exact) mass is 455 g/mol. The van der Waals surface area contributed by atoms with Gasteiger partial charge in [0.25, 0.3) is 0 Å². The predicted molar refractivity (Wildman–Crippen MR) is 125 cm³/mol. The van der Waals surface area contributed by atoms with E-state index in [9.17, 15) is 12.8 Å². The zero-order chi connectivity index (χ0) is 21.7. The van der Waals surface area contributed by atoms with Gasteiger partial charge in [0.05, 0.1) is 9.60 Å². The van der Waals surface area contributed by atoms with Crippen LogP contribution in [0.25, 0.3) is 21.2 Å². The summed E-state index contributed by atoms with van der Waals surface area (Å²) in [7, 11) is -3.61. The Morgan fingerprint density at radius 2 is 1.65 bits per heavy atom. The molecule has 1 aromatic heterocycles. The summed E-state index contributed by atoms with van der Waals surface area (Å²) >= 11 is 1.44. The highest BCUT2D eigenvalue weighted by molar-refractivity contribution is 7.89. The van der Waals surface area contributed by atoms with E-state index in [-0.39, 0.29) is 4.90 Å². The first-order chi connectivity index (χ1) is 15.1. The summed E-state index contributed by atoms with van der Waals surface area (Å²) in [4.78, 5) is 0.187. The molecule has 0 saturated carbocycles. The molecule has 4 rings (SSSR count). The number of aromatic nitrogens is 1. The van der Waals surface area contributed by atoms with Crippen LogP contribution in [0.4, 0.5) is 10.2 Å². The molecule has 0 amide bonds.